The zero-order valence-electron chi connectivity index (χ0n) is 14.4. The second kappa shape index (κ2) is 6.95. The summed E-state index contributed by atoms with van der Waals surface area (Å²) in [6.45, 7) is 0. The van der Waals surface area contributed by atoms with Gasteiger partial charge in [-0.3, -0.25) is 13.9 Å². The van der Waals surface area contributed by atoms with Crippen molar-refractivity contribution in [2.75, 3.05) is 14.2 Å². The summed E-state index contributed by atoms with van der Waals surface area (Å²) in [4.78, 5) is 12.7. The minimum absolute atomic E-state index is 0.130. The summed E-state index contributed by atoms with van der Waals surface area (Å²) in [5.74, 6) is -7.61. The molecule has 0 fully saturated rings. The quantitative estimate of drug-likeness (QED) is 0.278. The van der Waals surface area contributed by atoms with E-state index >= 15 is 0 Å². The maximum atomic E-state index is 12.7. The third kappa shape index (κ3) is 2.75. The van der Waals surface area contributed by atoms with Gasteiger partial charge in [-0.25, -0.2) is 0 Å². The van der Waals surface area contributed by atoms with Gasteiger partial charge in [0.1, 0.15) is 0 Å². The summed E-state index contributed by atoms with van der Waals surface area (Å²) in [6.07, 6.45) is 0.506. The molecule has 0 saturated carbocycles. The standard InChI is InChI=1S/C15H16O11S2/c1-25-14(26-2)11(16)8-10(12(17)9-6-4-3-5-7-9)13(18)15(14,27(19,20)21)28(22,23)24/h3-8,16,18H,1-2H3,(H,19,20,21)(H,22,23,24). The maximum absolute atomic E-state index is 12.7. The third-order valence-corrected chi connectivity index (χ3v) is 7.84. The number of aliphatic hydroxyl groups is 2. The predicted molar refractivity (Wildman–Crippen MR) is 93.7 cm³/mol. The Morgan fingerprint density at radius 1 is 0.929 bits per heavy atom. The molecule has 1 aromatic rings. The lowest BCUT2D eigenvalue weighted by Crippen LogP contribution is -2.68. The fraction of sp³-hybridized carbons (Fsp3) is 0.267. The van der Waals surface area contributed by atoms with Gasteiger partial charge in [-0.15, -0.1) is 0 Å². The predicted octanol–water partition coefficient (Wildman–Crippen LogP) is 0.598. The molecule has 1 aliphatic carbocycles. The monoisotopic (exact) mass is 436 g/mol. The van der Waals surface area contributed by atoms with Gasteiger partial charge < -0.3 is 19.7 Å². The number of hydrogen-bond acceptors (Lipinski definition) is 9. The molecule has 28 heavy (non-hydrogen) atoms. The van der Waals surface area contributed by atoms with Gasteiger partial charge in [0.25, 0.3) is 5.79 Å². The van der Waals surface area contributed by atoms with Crippen LogP contribution in [0, 0.1) is 0 Å². The summed E-state index contributed by atoms with van der Waals surface area (Å²) < 4.78 is 73.2. The van der Waals surface area contributed by atoms with Gasteiger partial charge in [-0.2, -0.15) is 16.8 Å². The summed E-state index contributed by atoms with van der Waals surface area (Å²) in [5, 5.41) is 20.9. The number of carbonyl (C=O) groups excluding carboxylic acids is 1. The smallest absolute Gasteiger partial charge is 0.339 e. The van der Waals surface area contributed by atoms with E-state index < -0.39 is 53.0 Å². The van der Waals surface area contributed by atoms with E-state index in [0.29, 0.717) is 20.3 Å². The molecule has 0 saturated heterocycles. The van der Waals surface area contributed by atoms with Gasteiger partial charge in [0.05, 0.1) is 5.57 Å². The third-order valence-electron chi connectivity index (χ3n) is 4.20. The molecule has 0 amide bonds. The van der Waals surface area contributed by atoms with Crippen molar-refractivity contribution in [3.63, 3.8) is 0 Å². The number of ketones is 1. The van der Waals surface area contributed by atoms with Crippen LogP contribution in [0.15, 0.2) is 53.5 Å². The molecule has 1 aliphatic rings. The first-order valence-corrected chi connectivity index (χ1v) is 10.2. The van der Waals surface area contributed by atoms with Crippen molar-refractivity contribution in [3.05, 3.63) is 59.1 Å². The molecule has 0 radical (unpaired) electrons. The molecule has 0 atom stereocenters. The largest absolute Gasteiger partial charge is 0.508 e. The number of methoxy groups -OCH3 is 2. The first-order chi connectivity index (χ1) is 12.8. The highest BCUT2D eigenvalue weighted by Crippen LogP contribution is 2.50. The highest BCUT2D eigenvalue weighted by atomic mass is 32.3. The van der Waals surface area contributed by atoms with Crippen LogP contribution in [0.3, 0.4) is 0 Å². The van der Waals surface area contributed by atoms with Gasteiger partial charge in [-0.1, -0.05) is 30.3 Å². The van der Waals surface area contributed by atoms with Crippen molar-refractivity contribution in [1.29, 1.82) is 0 Å². The van der Waals surface area contributed by atoms with Crippen molar-refractivity contribution < 1.29 is 50.4 Å². The van der Waals surface area contributed by atoms with Crippen LogP contribution in [0.4, 0.5) is 0 Å². The van der Waals surface area contributed by atoms with Crippen LogP contribution in [0.2, 0.25) is 0 Å². The van der Waals surface area contributed by atoms with Crippen LogP contribution >= 0.6 is 0 Å². The van der Waals surface area contributed by atoms with Crippen LogP contribution < -0.4 is 0 Å². The van der Waals surface area contributed by atoms with Crippen LogP contribution in [0.5, 0.6) is 0 Å². The summed E-state index contributed by atoms with van der Waals surface area (Å²) >= 11 is 0. The molecule has 2 rings (SSSR count). The minimum Gasteiger partial charge on any atom is -0.508 e. The molecule has 0 aromatic heterocycles. The molecule has 11 nitrogen and oxygen atoms in total. The number of ether oxygens (including phenoxy) is 2. The molecule has 154 valence electrons. The Hall–Kier alpha value is -2.29. The Morgan fingerprint density at radius 3 is 1.79 bits per heavy atom. The highest BCUT2D eigenvalue weighted by molar-refractivity contribution is 8.05. The van der Waals surface area contributed by atoms with E-state index in [-0.39, 0.29) is 5.56 Å². The SMILES string of the molecule is COC1(OC)C(O)=CC(C(=O)c2ccccc2)=C(O)C1(S(=O)(=O)O)S(=O)(=O)O. The lowest BCUT2D eigenvalue weighted by molar-refractivity contribution is -0.207. The number of allylic oxidation sites excluding steroid dienone is 2. The van der Waals surface area contributed by atoms with Crippen LogP contribution in [0.1, 0.15) is 10.4 Å². The number of aliphatic hydroxyl groups excluding tert-OH is 2. The first-order valence-electron chi connectivity index (χ1n) is 7.30. The molecule has 4 N–H and O–H groups in total. The molecular weight excluding hydrogens is 420 g/mol. The van der Waals surface area contributed by atoms with Gasteiger partial charge in [0.2, 0.25) is 0 Å². The molecular formula is C15H16O11S2. The second-order valence-corrected chi connectivity index (χ2v) is 8.96. The second-order valence-electron chi connectivity index (χ2n) is 5.58. The summed E-state index contributed by atoms with van der Waals surface area (Å²) in [7, 11) is -10.8. The fourth-order valence-electron chi connectivity index (χ4n) is 3.00. The first kappa shape index (κ1) is 22.0. The van der Waals surface area contributed by atoms with Gasteiger partial charge >= 0.3 is 24.3 Å². The van der Waals surface area contributed by atoms with Gasteiger partial charge in [0.15, 0.2) is 17.3 Å². The minimum atomic E-state index is -6.06. The zero-order chi connectivity index (χ0) is 21.5. The van der Waals surface area contributed by atoms with E-state index in [4.69, 9.17) is 0 Å². The zero-order valence-corrected chi connectivity index (χ0v) is 16.1. The van der Waals surface area contributed by atoms with Crippen LogP contribution in [-0.4, -0.2) is 66.0 Å². The van der Waals surface area contributed by atoms with E-state index in [9.17, 15) is 40.9 Å². The Kier molecular flexibility index (Phi) is 5.46. The summed E-state index contributed by atoms with van der Waals surface area (Å²) in [5.41, 5.74) is -1.17. The van der Waals surface area contributed by atoms with Gasteiger partial charge in [-0.05, 0) is 6.08 Å². The number of carbonyl (C=O) groups is 1. The molecule has 0 spiro atoms. The van der Waals surface area contributed by atoms with E-state index in [0.717, 1.165) is 0 Å². The van der Waals surface area contributed by atoms with Crippen molar-refractivity contribution in [3.8, 4) is 0 Å². The maximum Gasteiger partial charge on any atom is 0.339 e. The van der Waals surface area contributed by atoms with Crippen molar-refractivity contribution >= 4 is 26.0 Å². The molecule has 0 bridgehead atoms. The van der Waals surface area contributed by atoms with Crippen molar-refractivity contribution in [1.82, 2.24) is 0 Å². The van der Waals surface area contributed by atoms with Crippen LogP contribution in [0.25, 0.3) is 0 Å². The topological polar surface area (TPSA) is 185 Å². The highest BCUT2D eigenvalue weighted by Gasteiger charge is 2.77. The Bertz CT molecular complexity index is 1030. The van der Waals surface area contributed by atoms with Crippen molar-refractivity contribution in [2.45, 2.75) is 9.87 Å². The Labute approximate surface area is 160 Å². The van der Waals surface area contributed by atoms with Gasteiger partial charge in [0, 0.05) is 19.8 Å². The number of rotatable bonds is 6. The molecule has 0 heterocycles. The van der Waals surface area contributed by atoms with E-state index in [1.807, 2.05) is 0 Å². The fourth-order valence-corrected chi connectivity index (χ4v) is 5.99. The van der Waals surface area contributed by atoms with Crippen LogP contribution in [-0.2, 0) is 29.7 Å². The molecule has 0 unspecified atom stereocenters. The molecule has 0 aliphatic heterocycles. The lowest BCUT2D eigenvalue weighted by atomic mass is 9.91. The van der Waals surface area contributed by atoms with E-state index in [2.05, 4.69) is 9.47 Å². The number of hydrogen-bond donors (Lipinski definition) is 4. The number of Topliss-reactive ketones (excluding diaryl/α,β-unsaturated/α-hetero) is 1. The average molecular weight is 436 g/mol. The van der Waals surface area contributed by atoms with E-state index in [1.54, 1.807) is 6.07 Å². The number of benzene rings is 1. The van der Waals surface area contributed by atoms with E-state index in [1.165, 1.54) is 24.3 Å². The van der Waals surface area contributed by atoms with Crippen molar-refractivity contribution in [2.24, 2.45) is 0 Å². The molecule has 13 heteroatoms. The lowest BCUT2D eigenvalue weighted by Gasteiger charge is -2.44. The molecule has 1 aromatic carbocycles. The average Bonchev–Trinajstić information content (AvgIpc) is 2.61. The Balaban J connectivity index is 3.05. The normalized spacial score (nSPS) is 19.2. The Morgan fingerprint density at radius 2 is 1.39 bits per heavy atom. The summed E-state index contributed by atoms with van der Waals surface area (Å²) in [6, 6.07) is 6.89.